The third-order valence-electron chi connectivity index (χ3n) is 3.70. The normalized spacial score (nSPS) is 23.1. The summed E-state index contributed by atoms with van der Waals surface area (Å²) in [5.74, 6) is 0. The van der Waals surface area contributed by atoms with Gasteiger partial charge in [-0.05, 0) is 31.0 Å². The van der Waals surface area contributed by atoms with E-state index in [4.69, 9.17) is 22.1 Å². The maximum absolute atomic E-state index is 12.8. The fourth-order valence-electron chi connectivity index (χ4n) is 2.55. The highest BCUT2D eigenvalue weighted by atomic mass is 79.9. The molecule has 0 aliphatic carbocycles. The lowest BCUT2D eigenvalue weighted by molar-refractivity contribution is 0.0401. The van der Waals surface area contributed by atoms with Gasteiger partial charge in [0.15, 0.2) is 0 Å². The van der Waals surface area contributed by atoms with Crippen molar-refractivity contribution in [3.05, 3.63) is 27.7 Å². The van der Waals surface area contributed by atoms with Crippen LogP contribution in [0.3, 0.4) is 0 Å². The average molecular weight is 434 g/mol. The SMILES string of the molecule is COC1CCN(S(=O)(=O)c2ccc(Br)cc2Cl)C(CN)C1.Cl. The first-order valence-electron chi connectivity index (χ1n) is 6.60. The van der Waals surface area contributed by atoms with Crippen molar-refractivity contribution in [1.29, 1.82) is 0 Å². The number of ether oxygens (including phenoxy) is 1. The summed E-state index contributed by atoms with van der Waals surface area (Å²) < 4.78 is 33.1. The molecular formula is C13H19BrCl2N2O3S. The molecule has 2 rings (SSSR count). The van der Waals surface area contributed by atoms with E-state index in [1.165, 1.54) is 10.4 Å². The quantitative estimate of drug-likeness (QED) is 0.791. The minimum atomic E-state index is -3.66. The number of nitrogens with zero attached hydrogens (tertiary/aromatic N) is 1. The Labute approximate surface area is 150 Å². The highest BCUT2D eigenvalue weighted by molar-refractivity contribution is 9.10. The fourth-order valence-corrected chi connectivity index (χ4v) is 5.22. The largest absolute Gasteiger partial charge is 0.381 e. The van der Waals surface area contributed by atoms with Crippen molar-refractivity contribution in [3.63, 3.8) is 0 Å². The van der Waals surface area contributed by atoms with Crippen LogP contribution in [0.1, 0.15) is 12.8 Å². The molecule has 1 fully saturated rings. The zero-order valence-electron chi connectivity index (χ0n) is 12.0. The molecule has 0 saturated carbocycles. The van der Waals surface area contributed by atoms with E-state index in [0.717, 1.165) is 4.47 Å². The van der Waals surface area contributed by atoms with E-state index in [-0.39, 0.29) is 41.0 Å². The number of hydrogen-bond acceptors (Lipinski definition) is 4. The van der Waals surface area contributed by atoms with Gasteiger partial charge in [0.05, 0.1) is 11.1 Å². The summed E-state index contributed by atoms with van der Waals surface area (Å²) in [5.41, 5.74) is 5.75. The number of piperidine rings is 1. The van der Waals surface area contributed by atoms with Gasteiger partial charge in [0.25, 0.3) is 0 Å². The number of hydrogen-bond donors (Lipinski definition) is 1. The molecule has 5 nitrogen and oxygen atoms in total. The van der Waals surface area contributed by atoms with Crippen LogP contribution >= 0.6 is 39.9 Å². The Morgan fingerprint density at radius 3 is 2.73 bits per heavy atom. The second-order valence-electron chi connectivity index (χ2n) is 4.96. The number of methoxy groups -OCH3 is 1. The van der Waals surface area contributed by atoms with Gasteiger partial charge in [0.1, 0.15) is 4.90 Å². The van der Waals surface area contributed by atoms with E-state index in [9.17, 15) is 8.42 Å². The van der Waals surface area contributed by atoms with Gasteiger partial charge in [0.2, 0.25) is 10.0 Å². The van der Waals surface area contributed by atoms with Crippen LogP contribution in [0.15, 0.2) is 27.6 Å². The van der Waals surface area contributed by atoms with Crippen molar-refractivity contribution in [1.82, 2.24) is 4.31 Å². The van der Waals surface area contributed by atoms with Crippen molar-refractivity contribution in [2.24, 2.45) is 5.73 Å². The zero-order valence-corrected chi connectivity index (χ0v) is 16.0. The predicted octanol–water partition coefficient (Wildman–Crippen LogP) is 2.65. The number of rotatable bonds is 4. The first kappa shape index (κ1) is 20.2. The number of benzene rings is 1. The molecule has 126 valence electrons. The van der Waals surface area contributed by atoms with Crippen molar-refractivity contribution in [2.75, 3.05) is 20.2 Å². The minimum absolute atomic E-state index is 0. The zero-order chi connectivity index (χ0) is 15.6. The molecule has 1 aromatic rings. The van der Waals surface area contributed by atoms with Gasteiger partial charge in [0, 0.05) is 30.7 Å². The molecule has 2 unspecified atom stereocenters. The van der Waals surface area contributed by atoms with Crippen molar-refractivity contribution in [3.8, 4) is 0 Å². The van der Waals surface area contributed by atoms with E-state index in [1.807, 2.05) is 0 Å². The molecule has 22 heavy (non-hydrogen) atoms. The molecule has 0 bridgehead atoms. The fraction of sp³-hybridized carbons (Fsp3) is 0.538. The van der Waals surface area contributed by atoms with Gasteiger partial charge in [-0.2, -0.15) is 4.31 Å². The van der Waals surface area contributed by atoms with E-state index in [1.54, 1.807) is 19.2 Å². The van der Waals surface area contributed by atoms with Gasteiger partial charge in [-0.25, -0.2) is 8.42 Å². The summed E-state index contributed by atoms with van der Waals surface area (Å²) in [4.78, 5) is 0.113. The lowest BCUT2D eigenvalue weighted by Gasteiger charge is -2.37. The van der Waals surface area contributed by atoms with Gasteiger partial charge in [-0.3, -0.25) is 0 Å². The lowest BCUT2D eigenvalue weighted by atomic mass is 10.0. The predicted molar refractivity (Wildman–Crippen MR) is 93.2 cm³/mol. The Morgan fingerprint density at radius 2 is 2.18 bits per heavy atom. The molecule has 1 aliphatic rings. The average Bonchev–Trinajstić information content (AvgIpc) is 2.46. The molecule has 0 amide bonds. The van der Waals surface area contributed by atoms with Crippen LogP contribution in [0.2, 0.25) is 5.02 Å². The summed E-state index contributed by atoms with van der Waals surface area (Å²) in [6.45, 7) is 0.641. The summed E-state index contributed by atoms with van der Waals surface area (Å²) in [5, 5.41) is 0.203. The van der Waals surface area contributed by atoms with E-state index in [0.29, 0.717) is 19.4 Å². The van der Waals surface area contributed by atoms with Crippen LogP contribution in [0.5, 0.6) is 0 Å². The van der Waals surface area contributed by atoms with Gasteiger partial charge in [-0.1, -0.05) is 27.5 Å². The van der Waals surface area contributed by atoms with Crippen LogP contribution in [-0.2, 0) is 14.8 Å². The van der Waals surface area contributed by atoms with Gasteiger partial charge >= 0.3 is 0 Å². The third kappa shape index (κ3) is 4.14. The highest BCUT2D eigenvalue weighted by Gasteiger charge is 2.37. The topological polar surface area (TPSA) is 72.6 Å². The number of sulfonamides is 1. The number of halogens is 3. The Morgan fingerprint density at radius 1 is 1.50 bits per heavy atom. The second kappa shape index (κ2) is 8.28. The molecule has 0 radical (unpaired) electrons. The first-order chi connectivity index (χ1) is 9.90. The third-order valence-corrected chi connectivity index (χ3v) is 6.63. The van der Waals surface area contributed by atoms with E-state index in [2.05, 4.69) is 15.9 Å². The monoisotopic (exact) mass is 432 g/mol. The summed E-state index contributed by atoms with van der Waals surface area (Å²) >= 11 is 9.36. The van der Waals surface area contributed by atoms with Gasteiger partial charge < -0.3 is 10.5 Å². The number of nitrogens with two attached hydrogens (primary N) is 1. The van der Waals surface area contributed by atoms with E-state index >= 15 is 0 Å². The summed E-state index contributed by atoms with van der Waals surface area (Å²) in [6.07, 6.45) is 1.30. The van der Waals surface area contributed by atoms with Crippen LogP contribution in [0.4, 0.5) is 0 Å². The molecule has 1 aliphatic heterocycles. The van der Waals surface area contributed by atoms with Crippen LogP contribution in [-0.4, -0.2) is 45.1 Å². The maximum atomic E-state index is 12.8. The molecule has 0 aromatic heterocycles. The summed E-state index contributed by atoms with van der Waals surface area (Å²) in [7, 11) is -2.02. The van der Waals surface area contributed by atoms with Crippen molar-refractivity contribution >= 4 is 50.0 Å². The molecule has 9 heteroatoms. The van der Waals surface area contributed by atoms with Crippen molar-refractivity contribution < 1.29 is 13.2 Å². The van der Waals surface area contributed by atoms with Crippen LogP contribution in [0.25, 0.3) is 0 Å². The molecule has 1 saturated heterocycles. The lowest BCUT2D eigenvalue weighted by Crippen LogP contribution is -2.51. The first-order valence-corrected chi connectivity index (χ1v) is 9.21. The smallest absolute Gasteiger partial charge is 0.244 e. The maximum Gasteiger partial charge on any atom is 0.244 e. The van der Waals surface area contributed by atoms with Crippen molar-refractivity contribution in [2.45, 2.75) is 29.9 Å². The molecule has 2 N–H and O–H groups in total. The Bertz CT molecular complexity index is 615. The second-order valence-corrected chi connectivity index (χ2v) is 8.14. The minimum Gasteiger partial charge on any atom is -0.381 e. The molecule has 2 atom stereocenters. The van der Waals surface area contributed by atoms with Crippen LogP contribution < -0.4 is 5.73 Å². The Hall–Kier alpha value is 0.110. The molecule has 0 spiro atoms. The molecular weight excluding hydrogens is 415 g/mol. The van der Waals surface area contributed by atoms with E-state index < -0.39 is 10.0 Å². The van der Waals surface area contributed by atoms with Gasteiger partial charge in [-0.15, -0.1) is 12.4 Å². The van der Waals surface area contributed by atoms with Crippen LogP contribution in [0, 0.1) is 0 Å². The summed E-state index contributed by atoms with van der Waals surface area (Å²) in [6, 6.07) is 4.48. The molecule has 1 aromatic carbocycles. The Balaban J connectivity index is 0.00000242. The molecule has 1 heterocycles. The Kier molecular flexibility index (Phi) is 7.59. The highest BCUT2D eigenvalue weighted by Crippen LogP contribution is 2.31. The standard InChI is InChI=1S/C13H18BrClN2O3S.ClH/c1-20-11-4-5-17(10(7-11)8-16)21(18,19)13-3-2-9(14)6-12(13)15;/h2-3,6,10-11H,4-5,7-8,16H2,1H3;1H.